The largest absolute Gasteiger partial charge is 0.495 e. The summed E-state index contributed by atoms with van der Waals surface area (Å²) in [6, 6.07) is 10.2. The van der Waals surface area contributed by atoms with Crippen LogP contribution in [0.15, 0.2) is 78.1 Å². The summed E-state index contributed by atoms with van der Waals surface area (Å²) in [5.74, 6) is 2.29. The van der Waals surface area contributed by atoms with Gasteiger partial charge in [0.2, 0.25) is 0 Å². The van der Waals surface area contributed by atoms with Gasteiger partial charge in [-0.25, -0.2) is 0 Å². The Labute approximate surface area is 176 Å². The van der Waals surface area contributed by atoms with Crippen molar-refractivity contribution in [2.45, 2.75) is 12.8 Å². The molecule has 1 aromatic carbocycles. The fourth-order valence-electron chi connectivity index (χ4n) is 4.35. The molecule has 3 aliphatic rings. The van der Waals surface area contributed by atoms with E-state index in [4.69, 9.17) is 9.47 Å². The van der Waals surface area contributed by atoms with Crippen molar-refractivity contribution in [3.8, 4) is 5.75 Å². The van der Waals surface area contributed by atoms with Gasteiger partial charge in [-0.05, 0) is 48.8 Å². The minimum atomic E-state index is 0.414. The summed E-state index contributed by atoms with van der Waals surface area (Å²) in [7, 11) is 1.73. The number of anilines is 3. The summed E-state index contributed by atoms with van der Waals surface area (Å²) in [5.41, 5.74) is 5.82. The lowest BCUT2D eigenvalue weighted by atomic mass is 9.89. The van der Waals surface area contributed by atoms with E-state index in [2.05, 4.69) is 57.1 Å². The van der Waals surface area contributed by atoms with Crippen LogP contribution in [0.5, 0.6) is 5.75 Å². The molecule has 0 radical (unpaired) electrons. The van der Waals surface area contributed by atoms with Gasteiger partial charge in [0.1, 0.15) is 18.1 Å². The molecular weight excluding hydrogens is 376 g/mol. The molecule has 0 amide bonds. The van der Waals surface area contributed by atoms with Gasteiger partial charge in [0.25, 0.3) is 0 Å². The number of benzene rings is 1. The molecular formula is C24H26N4O2. The van der Waals surface area contributed by atoms with E-state index < -0.39 is 0 Å². The number of pyridine rings is 1. The number of hydrogen-bond acceptors (Lipinski definition) is 6. The van der Waals surface area contributed by atoms with Crippen molar-refractivity contribution in [2.75, 3.05) is 37.0 Å². The predicted octanol–water partition coefficient (Wildman–Crippen LogP) is 4.34. The summed E-state index contributed by atoms with van der Waals surface area (Å²) in [5, 5.41) is 6.84. The van der Waals surface area contributed by atoms with Crippen LogP contribution in [0.25, 0.3) is 0 Å². The predicted molar refractivity (Wildman–Crippen MR) is 119 cm³/mol. The van der Waals surface area contributed by atoms with Crippen LogP contribution in [0.2, 0.25) is 0 Å². The van der Waals surface area contributed by atoms with Crippen molar-refractivity contribution in [3.05, 3.63) is 78.1 Å². The summed E-state index contributed by atoms with van der Waals surface area (Å²) in [6.45, 7) is 2.58. The highest BCUT2D eigenvalue weighted by molar-refractivity contribution is 5.69. The molecule has 30 heavy (non-hydrogen) atoms. The number of rotatable bonds is 6. The van der Waals surface area contributed by atoms with E-state index in [-0.39, 0.29) is 0 Å². The van der Waals surface area contributed by atoms with Crippen molar-refractivity contribution >= 4 is 17.1 Å². The molecule has 154 valence electrons. The van der Waals surface area contributed by atoms with E-state index in [1.54, 1.807) is 19.5 Å². The van der Waals surface area contributed by atoms with Crippen LogP contribution in [0.3, 0.4) is 0 Å². The van der Waals surface area contributed by atoms with Crippen LogP contribution in [0, 0.1) is 5.92 Å². The Hall–Kier alpha value is -3.41. The van der Waals surface area contributed by atoms with Crippen molar-refractivity contribution in [2.24, 2.45) is 5.92 Å². The molecule has 1 unspecified atom stereocenters. The Balaban J connectivity index is 1.27. The maximum absolute atomic E-state index is 5.96. The SMILES string of the molecule is COC1=C2NC=C(CCN3CCOc4cc(Nc5ccncc5)ccc43)C2CC=C1. The van der Waals surface area contributed by atoms with E-state index in [9.17, 15) is 0 Å². The number of nitrogens with zero attached hydrogens (tertiary/aromatic N) is 2. The Morgan fingerprint density at radius 3 is 3.00 bits per heavy atom. The molecule has 3 heterocycles. The summed E-state index contributed by atoms with van der Waals surface area (Å²) in [6.07, 6.45) is 12.0. The molecule has 1 aromatic heterocycles. The van der Waals surface area contributed by atoms with Gasteiger partial charge in [0, 0.05) is 48.5 Å². The second-order valence-electron chi connectivity index (χ2n) is 7.67. The number of allylic oxidation sites excluding steroid dienone is 3. The first-order valence-corrected chi connectivity index (χ1v) is 10.4. The zero-order valence-electron chi connectivity index (χ0n) is 17.1. The molecule has 5 rings (SSSR count). The number of methoxy groups -OCH3 is 1. The molecule has 2 aromatic rings. The van der Waals surface area contributed by atoms with Crippen LogP contribution >= 0.6 is 0 Å². The zero-order valence-corrected chi connectivity index (χ0v) is 17.1. The molecule has 2 N–H and O–H groups in total. The first-order chi connectivity index (χ1) is 14.8. The maximum atomic E-state index is 5.96. The lowest BCUT2D eigenvalue weighted by Crippen LogP contribution is -2.33. The topological polar surface area (TPSA) is 58.7 Å². The van der Waals surface area contributed by atoms with Gasteiger partial charge in [0.15, 0.2) is 0 Å². The normalized spacial score (nSPS) is 19.4. The highest BCUT2D eigenvalue weighted by atomic mass is 16.5. The van der Waals surface area contributed by atoms with Crippen molar-refractivity contribution in [3.63, 3.8) is 0 Å². The highest BCUT2D eigenvalue weighted by Crippen LogP contribution is 2.38. The van der Waals surface area contributed by atoms with Crippen LogP contribution in [0.1, 0.15) is 12.8 Å². The smallest absolute Gasteiger partial charge is 0.144 e. The monoisotopic (exact) mass is 402 g/mol. The first-order valence-electron chi connectivity index (χ1n) is 10.4. The Morgan fingerprint density at radius 1 is 1.23 bits per heavy atom. The summed E-state index contributed by atoms with van der Waals surface area (Å²) in [4.78, 5) is 6.48. The number of hydrogen-bond donors (Lipinski definition) is 2. The quantitative estimate of drug-likeness (QED) is 0.750. The van der Waals surface area contributed by atoms with Gasteiger partial charge in [0.05, 0.1) is 25.0 Å². The van der Waals surface area contributed by atoms with Crippen molar-refractivity contribution in [1.82, 2.24) is 10.3 Å². The van der Waals surface area contributed by atoms with Crippen LogP contribution in [-0.2, 0) is 4.74 Å². The Kier molecular flexibility index (Phi) is 5.05. The molecule has 1 atom stereocenters. The van der Waals surface area contributed by atoms with Crippen molar-refractivity contribution < 1.29 is 9.47 Å². The second kappa shape index (κ2) is 8.14. The van der Waals surface area contributed by atoms with Crippen LogP contribution in [0.4, 0.5) is 17.1 Å². The summed E-state index contributed by atoms with van der Waals surface area (Å²) < 4.78 is 11.5. The lowest BCUT2D eigenvalue weighted by Gasteiger charge is -2.32. The van der Waals surface area contributed by atoms with Gasteiger partial charge in [-0.1, -0.05) is 6.08 Å². The average molecular weight is 402 g/mol. The van der Waals surface area contributed by atoms with Gasteiger partial charge in [-0.3, -0.25) is 4.98 Å². The molecule has 0 bridgehead atoms. The van der Waals surface area contributed by atoms with E-state index >= 15 is 0 Å². The second-order valence-corrected chi connectivity index (χ2v) is 7.67. The summed E-state index contributed by atoms with van der Waals surface area (Å²) >= 11 is 0. The van der Waals surface area contributed by atoms with Gasteiger partial charge in [-0.2, -0.15) is 0 Å². The number of nitrogens with one attached hydrogen (secondary N) is 2. The molecule has 0 saturated carbocycles. The zero-order chi connectivity index (χ0) is 20.3. The third-order valence-electron chi connectivity index (χ3n) is 5.89. The first kappa shape index (κ1) is 18.6. The van der Waals surface area contributed by atoms with E-state index in [1.165, 1.54) is 11.3 Å². The Morgan fingerprint density at radius 2 is 2.13 bits per heavy atom. The van der Waals surface area contributed by atoms with Gasteiger partial charge >= 0.3 is 0 Å². The fourth-order valence-corrected chi connectivity index (χ4v) is 4.35. The number of aromatic nitrogens is 1. The molecule has 2 aliphatic heterocycles. The molecule has 0 spiro atoms. The molecule has 1 aliphatic carbocycles. The van der Waals surface area contributed by atoms with E-state index in [1.807, 2.05) is 12.1 Å². The minimum absolute atomic E-state index is 0.414. The van der Waals surface area contributed by atoms with Crippen LogP contribution in [-0.4, -0.2) is 31.8 Å². The van der Waals surface area contributed by atoms with Gasteiger partial charge in [-0.15, -0.1) is 0 Å². The third-order valence-corrected chi connectivity index (χ3v) is 5.89. The van der Waals surface area contributed by atoms with Crippen molar-refractivity contribution in [1.29, 1.82) is 0 Å². The van der Waals surface area contributed by atoms with Gasteiger partial charge < -0.3 is 25.0 Å². The molecule has 6 heteroatoms. The molecule has 0 saturated heterocycles. The fraction of sp³-hybridized carbons (Fsp3) is 0.292. The maximum Gasteiger partial charge on any atom is 0.144 e. The third kappa shape index (κ3) is 3.61. The molecule has 0 fully saturated rings. The highest BCUT2D eigenvalue weighted by Gasteiger charge is 2.29. The average Bonchev–Trinajstić information content (AvgIpc) is 3.21. The number of ether oxygens (including phenoxy) is 2. The van der Waals surface area contributed by atoms with E-state index in [0.29, 0.717) is 12.5 Å². The molecule has 6 nitrogen and oxygen atoms in total. The lowest BCUT2D eigenvalue weighted by molar-refractivity contribution is 0.293. The minimum Gasteiger partial charge on any atom is -0.495 e. The number of fused-ring (bicyclic) bond motifs is 2. The Bertz CT molecular complexity index is 1010. The van der Waals surface area contributed by atoms with Crippen LogP contribution < -0.4 is 20.3 Å². The standard InChI is InChI=1S/C24H26N4O2/c1-29-22-4-2-3-20-17(16-26-24(20)22)9-12-28-13-14-30-23-15-19(5-6-21(23)28)27-18-7-10-25-11-8-18/h2,4-8,10-11,15-16,20,26H,3,9,12-14H2,1H3,(H,25,27). The van der Waals surface area contributed by atoms with E-state index in [0.717, 1.165) is 54.5 Å².